The number of methoxy groups -OCH3 is 1. The van der Waals surface area contributed by atoms with Crippen LogP contribution in [0.15, 0.2) is 0 Å². The number of nitrogens with one attached hydrogen (secondary N) is 1. The molecule has 18 heavy (non-hydrogen) atoms. The minimum atomic E-state index is 0.701. The summed E-state index contributed by atoms with van der Waals surface area (Å²) in [6, 6.07) is 1.54. The van der Waals surface area contributed by atoms with Crippen LogP contribution in [-0.2, 0) is 9.47 Å². The van der Waals surface area contributed by atoms with Gasteiger partial charge in [0.05, 0.1) is 13.2 Å². The number of nitrogens with zero attached hydrogens (tertiary/aromatic N) is 1. The van der Waals surface area contributed by atoms with Crippen LogP contribution in [0.2, 0.25) is 0 Å². The van der Waals surface area contributed by atoms with Crippen LogP contribution < -0.4 is 5.32 Å². The molecular formula is C14H28N2O2. The molecule has 1 N–H and O–H groups in total. The van der Waals surface area contributed by atoms with Gasteiger partial charge in [-0.15, -0.1) is 0 Å². The zero-order valence-electron chi connectivity index (χ0n) is 11.7. The summed E-state index contributed by atoms with van der Waals surface area (Å²) in [5.74, 6) is 0. The average molecular weight is 256 g/mol. The van der Waals surface area contributed by atoms with Crippen LogP contribution in [0, 0.1) is 0 Å². The van der Waals surface area contributed by atoms with Crippen LogP contribution >= 0.6 is 0 Å². The van der Waals surface area contributed by atoms with E-state index in [1.54, 1.807) is 7.11 Å². The smallest absolute Gasteiger partial charge is 0.0700 e. The Morgan fingerprint density at radius 1 is 1.11 bits per heavy atom. The van der Waals surface area contributed by atoms with Crippen molar-refractivity contribution >= 4 is 0 Å². The van der Waals surface area contributed by atoms with E-state index in [1.807, 2.05) is 0 Å². The molecule has 0 aromatic heterocycles. The highest BCUT2D eigenvalue weighted by atomic mass is 16.5. The van der Waals surface area contributed by atoms with Gasteiger partial charge in [-0.3, -0.25) is 4.90 Å². The molecule has 0 saturated carbocycles. The standard InChI is InChI=1S/C14H28N2O2/c1-17-11-12-18-10-4-7-15-13-6-9-16-8-3-2-5-14(13)16/h13-15H,2-12H2,1H3. The first-order valence-electron chi connectivity index (χ1n) is 7.46. The summed E-state index contributed by atoms with van der Waals surface area (Å²) in [7, 11) is 1.71. The second kappa shape index (κ2) is 8.10. The zero-order chi connectivity index (χ0) is 12.6. The molecule has 0 aromatic rings. The molecule has 0 spiro atoms. The molecule has 106 valence electrons. The van der Waals surface area contributed by atoms with E-state index in [-0.39, 0.29) is 0 Å². The molecule has 2 fully saturated rings. The Bertz CT molecular complexity index is 226. The molecule has 0 aromatic carbocycles. The Morgan fingerprint density at radius 3 is 2.94 bits per heavy atom. The fourth-order valence-electron chi connectivity index (χ4n) is 3.19. The van der Waals surface area contributed by atoms with Gasteiger partial charge >= 0.3 is 0 Å². The molecular weight excluding hydrogens is 228 g/mol. The average Bonchev–Trinajstić information content (AvgIpc) is 2.81. The molecule has 2 atom stereocenters. The summed E-state index contributed by atoms with van der Waals surface area (Å²) in [4.78, 5) is 2.68. The normalized spacial score (nSPS) is 28.5. The van der Waals surface area contributed by atoms with E-state index < -0.39 is 0 Å². The molecule has 2 aliphatic heterocycles. The van der Waals surface area contributed by atoms with Crippen LogP contribution in [0.4, 0.5) is 0 Å². The second-order valence-corrected chi connectivity index (χ2v) is 5.41. The van der Waals surface area contributed by atoms with Crippen molar-refractivity contribution in [1.29, 1.82) is 0 Å². The molecule has 2 unspecified atom stereocenters. The van der Waals surface area contributed by atoms with Gasteiger partial charge < -0.3 is 14.8 Å². The van der Waals surface area contributed by atoms with Crippen molar-refractivity contribution in [2.24, 2.45) is 0 Å². The molecule has 2 aliphatic rings. The quantitative estimate of drug-likeness (QED) is 0.663. The van der Waals surface area contributed by atoms with Gasteiger partial charge in [0.2, 0.25) is 0 Å². The maximum Gasteiger partial charge on any atom is 0.0700 e. The summed E-state index contributed by atoms with van der Waals surface area (Å²) in [5.41, 5.74) is 0. The van der Waals surface area contributed by atoms with E-state index in [1.165, 1.54) is 38.8 Å². The van der Waals surface area contributed by atoms with E-state index in [0.29, 0.717) is 6.61 Å². The van der Waals surface area contributed by atoms with Gasteiger partial charge in [-0.25, -0.2) is 0 Å². The van der Waals surface area contributed by atoms with E-state index in [2.05, 4.69) is 10.2 Å². The zero-order valence-corrected chi connectivity index (χ0v) is 11.7. The summed E-state index contributed by atoms with van der Waals surface area (Å²) < 4.78 is 10.4. The lowest BCUT2D eigenvalue weighted by molar-refractivity contribution is 0.0689. The molecule has 0 bridgehead atoms. The molecule has 0 radical (unpaired) electrons. The van der Waals surface area contributed by atoms with Gasteiger partial charge in [-0.1, -0.05) is 6.42 Å². The predicted molar refractivity (Wildman–Crippen MR) is 72.9 cm³/mol. The first-order valence-corrected chi connectivity index (χ1v) is 7.46. The van der Waals surface area contributed by atoms with Crippen LogP contribution in [0.5, 0.6) is 0 Å². The van der Waals surface area contributed by atoms with Crippen LogP contribution in [0.25, 0.3) is 0 Å². The van der Waals surface area contributed by atoms with Gasteiger partial charge in [0.1, 0.15) is 0 Å². The molecule has 2 heterocycles. The third-order valence-electron chi connectivity index (χ3n) is 4.16. The monoisotopic (exact) mass is 256 g/mol. The lowest BCUT2D eigenvalue weighted by Gasteiger charge is -2.32. The first-order chi connectivity index (χ1) is 8.92. The van der Waals surface area contributed by atoms with Crippen molar-refractivity contribution in [2.45, 2.75) is 44.2 Å². The topological polar surface area (TPSA) is 33.7 Å². The van der Waals surface area contributed by atoms with Gasteiger partial charge in [-0.05, 0) is 38.8 Å². The van der Waals surface area contributed by atoms with Crippen molar-refractivity contribution in [2.75, 3.05) is 46.6 Å². The Kier molecular flexibility index (Phi) is 6.41. The van der Waals surface area contributed by atoms with Crippen molar-refractivity contribution in [1.82, 2.24) is 10.2 Å². The van der Waals surface area contributed by atoms with Crippen molar-refractivity contribution in [3.8, 4) is 0 Å². The van der Waals surface area contributed by atoms with Crippen molar-refractivity contribution in [3.63, 3.8) is 0 Å². The van der Waals surface area contributed by atoms with Crippen LogP contribution in [0.1, 0.15) is 32.1 Å². The van der Waals surface area contributed by atoms with Gasteiger partial charge in [-0.2, -0.15) is 0 Å². The largest absolute Gasteiger partial charge is 0.382 e. The van der Waals surface area contributed by atoms with Crippen molar-refractivity contribution in [3.05, 3.63) is 0 Å². The highest BCUT2D eigenvalue weighted by Gasteiger charge is 2.34. The SMILES string of the molecule is COCCOCCCNC1CCN2CCCCC12. The highest BCUT2D eigenvalue weighted by molar-refractivity contribution is 4.93. The Morgan fingerprint density at radius 2 is 2.06 bits per heavy atom. The number of hydrogen-bond donors (Lipinski definition) is 1. The first kappa shape index (κ1) is 14.3. The van der Waals surface area contributed by atoms with E-state index in [0.717, 1.165) is 38.3 Å². The highest BCUT2D eigenvalue weighted by Crippen LogP contribution is 2.26. The lowest BCUT2D eigenvalue weighted by Crippen LogP contribution is -2.45. The molecule has 2 saturated heterocycles. The fourth-order valence-corrected chi connectivity index (χ4v) is 3.19. The molecule has 4 heteroatoms. The van der Waals surface area contributed by atoms with Gasteiger partial charge in [0.15, 0.2) is 0 Å². The summed E-state index contributed by atoms with van der Waals surface area (Å²) >= 11 is 0. The lowest BCUT2D eigenvalue weighted by atomic mass is 9.99. The number of ether oxygens (including phenoxy) is 2. The number of fused-ring (bicyclic) bond motifs is 1. The number of piperidine rings is 1. The Balaban J connectivity index is 1.51. The van der Waals surface area contributed by atoms with E-state index in [4.69, 9.17) is 9.47 Å². The number of rotatable bonds is 8. The van der Waals surface area contributed by atoms with Gasteiger partial charge in [0, 0.05) is 32.3 Å². The summed E-state index contributed by atoms with van der Waals surface area (Å²) in [5, 5.41) is 3.72. The molecule has 2 rings (SSSR count). The number of hydrogen-bond acceptors (Lipinski definition) is 4. The Labute approximate surface area is 111 Å². The maximum atomic E-state index is 5.47. The second-order valence-electron chi connectivity index (χ2n) is 5.41. The third-order valence-corrected chi connectivity index (χ3v) is 4.16. The molecule has 0 amide bonds. The van der Waals surface area contributed by atoms with Crippen LogP contribution in [-0.4, -0.2) is 63.5 Å². The minimum absolute atomic E-state index is 0.701. The van der Waals surface area contributed by atoms with Crippen molar-refractivity contribution < 1.29 is 9.47 Å². The molecule has 0 aliphatic carbocycles. The predicted octanol–water partition coefficient (Wildman–Crippen LogP) is 1.26. The Hall–Kier alpha value is -0.160. The maximum absolute atomic E-state index is 5.47. The van der Waals surface area contributed by atoms with E-state index >= 15 is 0 Å². The minimum Gasteiger partial charge on any atom is -0.382 e. The summed E-state index contributed by atoms with van der Waals surface area (Å²) in [6.45, 7) is 5.97. The molecule has 4 nitrogen and oxygen atoms in total. The fraction of sp³-hybridized carbons (Fsp3) is 1.00. The third kappa shape index (κ3) is 4.19. The van der Waals surface area contributed by atoms with Crippen LogP contribution in [0.3, 0.4) is 0 Å². The van der Waals surface area contributed by atoms with E-state index in [9.17, 15) is 0 Å². The summed E-state index contributed by atoms with van der Waals surface area (Å²) in [6.07, 6.45) is 6.64. The van der Waals surface area contributed by atoms with Gasteiger partial charge in [0.25, 0.3) is 0 Å².